The van der Waals surface area contributed by atoms with Crippen LogP contribution in [0.15, 0.2) is 30.3 Å². The number of hydrogen-bond acceptors (Lipinski definition) is 1. The van der Waals surface area contributed by atoms with Crippen LogP contribution >= 0.6 is 0 Å². The number of benzene rings is 2. The summed E-state index contributed by atoms with van der Waals surface area (Å²) in [6.45, 7) is 8.32. The SMILES string of the molecule is Cc1cc(C)c(-c2cccc(O)c2C)c(C)c1. The smallest absolute Gasteiger partial charge is 0.119 e. The van der Waals surface area contributed by atoms with Crippen LogP contribution in [-0.4, -0.2) is 5.11 Å². The van der Waals surface area contributed by atoms with E-state index in [1.165, 1.54) is 22.3 Å². The van der Waals surface area contributed by atoms with Crippen molar-refractivity contribution in [2.45, 2.75) is 27.7 Å². The van der Waals surface area contributed by atoms with Crippen LogP contribution < -0.4 is 0 Å². The van der Waals surface area contributed by atoms with Crippen molar-refractivity contribution in [1.29, 1.82) is 0 Å². The van der Waals surface area contributed by atoms with Gasteiger partial charge in [0.1, 0.15) is 5.75 Å². The van der Waals surface area contributed by atoms with E-state index in [1.807, 2.05) is 13.0 Å². The minimum atomic E-state index is 0.363. The average molecular weight is 226 g/mol. The number of phenolic OH excluding ortho intramolecular Hbond substituents is 1. The number of phenols is 1. The van der Waals surface area contributed by atoms with Crippen LogP contribution in [0.2, 0.25) is 0 Å². The largest absolute Gasteiger partial charge is 0.508 e. The molecule has 0 spiro atoms. The Kier molecular flexibility index (Phi) is 2.93. The van der Waals surface area contributed by atoms with Gasteiger partial charge in [-0.1, -0.05) is 29.8 Å². The highest BCUT2D eigenvalue weighted by Crippen LogP contribution is 2.34. The summed E-state index contributed by atoms with van der Waals surface area (Å²) in [6.07, 6.45) is 0. The van der Waals surface area contributed by atoms with E-state index in [4.69, 9.17) is 0 Å². The first-order valence-corrected chi connectivity index (χ1v) is 5.87. The van der Waals surface area contributed by atoms with Crippen molar-refractivity contribution in [2.75, 3.05) is 0 Å². The third-order valence-electron chi connectivity index (χ3n) is 3.25. The highest BCUT2D eigenvalue weighted by Gasteiger charge is 2.10. The summed E-state index contributed by atoms with van der Waals surface area (Å²) in [5.41, 5.74) is 7.11. The molecule has 0 aliphatic carbocycles. The van der Waals surface area contributed by atoms with E-state index in [0.29, 0.717) is 5.75 Å². The van der Waals surface area contributed by atoms with Crippen molar-refractivity contribution < 1.29 is 5.11 Å². The Morgan fingerprint density at radius 3 is 2.06 bits per heavy atom. The first kappa shape index (κ1) is 11.7. The van der Waals surface area contributed by atoms with Crippen LogP contribution in [0.25, 0.3) is 11.1 Å². The lowest BCUT2D eigenvalue weighted by molar-refractivity contribution is 0.471. The summed E-state index contributed by atoms with van der Waals surface area (Å²) in [6, 6.07) is 10.1. The molecular formula is C16H18O. The molecule has 2 aromatic carbocycles. The van der Waals surface area contributed by atoms with Crippen molar-refractivity contribution in [3.8, 4) is 16.9 Å². The average Bonchev–Trinajstić information content (AvgIpc) is 2.23. The number of rotatable bonds is 1. The summed E-state index contributed by atoms with van der Waals surface area (Å²) < 4.78 is 0. The van der Waals surface area contributed by atoms with Gasteiger partial charge in [-0.2, -0.15) is 0 Å². The van der Waals surface area contributed by atoms with E-state index in [1.54, 1.807) is 6.07 Å². The van der Waals surface area contributed by atoms with Crippen molar-refractivity contribution in [1.82, 2.24) is 0 Å². The van der Waals surface area contributed by atoms with Crippen molar-refractivity contribution in [3.05, 3.63) is 52.6 Å². The highest BCUT2D eigenvalue weighted by atomic mass is 16.3. The normalized spacial score (nSPS) is 10.6. The van der Waals surface area contributed by atoms with Gasteiger partial charge < -0.3 is 5.11 Å². The van der Waals surface area contributed by atoms with Gasteiger partial charge in [0, 0.05) is 0 Å². The molecule has 0 fully saturated rings. The lowest BCUT2D eigenvalue weighted by Crippen LogP contribution is -1.92. The molecule has 0 saturated heterocycles. The molecule has 17 heavy (non-hydrogen) atoms. The second-order valence-corrected chi connectivity index (χ2v) is 4.72. The minimum absolute atomic E-state index is 0.363. The van der Waals surface area contributed by atoms with E-state index in [2.05, 4.69) is 39.0 Å². The summed E-state index contributed by atoms with van der Waals surface area (Å²) in [7, 11) is 0. The van der Waals surface area contributed by atoms with E-state index in [-0.39, 0.29) is 0 Å². The first-order chi connectivity index (χ1) is 8.00. The molecule has 1 nitrogen and oxygen atoms in total. The molecule has 1 N–H and O–H groups in total. The minimum Gasteiger partial charge on any atom is -0.508 e. The van der Waals surface area contributed by atoms with Gasteiger partial charge in [0.2, 0.25) is 0 Å². The van der Waals surface area contributed by atoms with Crippen LogP contribution in [0.4, 0.5) is 0 Å². The molecular weight excluding hydrogens is 208 g/mol. The molecule has 0 aromatic heterocycles. The number of aryl methyl sites for hydroxylation is 3. The van der Waals surface area contributed by atoms with E-state index < -0.39 is 0 Å². The van der Waals surface area contributed by atoms with Crippen LogP contribution in [0.5, 0.6) is 5.75 Å². The van der Waals surface area contributed by atoms with Crippen molar-refractivity contribution >= 4 is 0 Å². The lowest BCUT2D eigenvalue weighted by Gasteiger charge is -2.14. The Morgan fingerprint density at radius 1 is 0.882 bits per heavy atom. The third kappa shape index (κ3) is 2.05. The van der Waals surface area contributed by atoms with Crippen molar-refractivity contribution in [2.24, 2.45) is 0 Å². The van der Waals surface area contributed by atoms with Gasteiger partial charge >= 0.3 is 0 Å². The molecule has 1 heteroatoms. The summed E-state index contributed by atoms with van der Waals surface area (Å²) in [5, 5.41) is 9.80. The van der Waals surface area contributed by atoms with E-state index >= 15 is 0 Å². The maximum atomic E-state index is 9.80. The van der Waals surface area contributed by atoms with Gasteiger partial charge in [-0.3, -0.25) is 0 Å². The predicted molar refractivity (Wildman–Crippen MR) is 72.5 cm³/mol. The number of hydrogen-bond donors (Lipinski definition) is 1. The zero-order valence-electron chi connectivity index (χ0n) is 10.8. The van der Waals surface area contributed by atoms with Crippen LogP contribution in [0, 0.1) is 27.7 Å². The molecule has 0 atom stereocenters. The lowest BCUT2D eigenvalue weighted by atomic mass is 9.91. The molecule has 0 radical (unpaired) electrons. The molecule has 2 rings (SSSR count). The maximum Gasteiger partial charge on any atom is 0.119 e. The van der Waals surface area contributed by atoms with Gasteiger partial charge in [-0.05, 0) is 61.6 Å². The van der Waals surface area contributed by atoms with Crippen molar-refractivity contribution in [3.63, 3.8) is 0 Å². The molecule has 2 aromatic rings. The molecule has 0 aliphatic heterocycles. The third-order valence-corrected chi connectivity index (χ3v) is 3.25. The fourth-order valence-electron chi connectivity index (χ4n) is 2.50. The molecule has 0 amide bonds. The standard InChI is InChI=1S/C16H18O/c1-10-8-11(2)16(12(3)9-10)14-6-5-7-15(17)13(14)4/h5-9,17H,1-4H3. The Balaban J connectivity index is 2.73. The van der Waals surface area contributed by atoms with E-state index in [0.717, 1.165) is 11.1 Å². The van der Waals surface area contributed by atoms with Gasteiger partial charge in [0.15, 0.2) is 0 Å². The fourth-order valence-corrected chi connectivity index (χ4v) is 2.50. The highest BCUT2D eigenvalue weighted by molar-refractivity contribution is 5.75. The van der Waals surface area contributed by atoms with Gasteiger partial charge in [-0.15, -0.1) is 0 Å². The van der Waals surface area contributed by atoms with Crippen LogP contribution in [-0.2, 0) is 0 Å². The second kappa shape index (κ2) is 4.25. The Hall–Kier alpha value is -1.76. The summed E-state index contributed by atoms with van der Waals surface area (Å²) in [5.74, 6) is 0.363. The van der Waals surface area contributed by atoms with Gasteiger partial charge in [-0.25, -0.2) is 0 Å². The monoisotopic (exact) mass is 226 g/mol. The summed E-state index contributed by atoms with van der Waals surface area (Å²) in [4.78, 5) is 0. The molecule has 0 saturated carbocycles. The van der Waals surface area contributed by atoms with E-state index in [9.17, 15) is 5.11 Å². The molecule has 0 unspecified atom stereocenters. The Bertz CT molecular complexity index is 545. The molecule has 88 valence electrons. The van der Waals surface area contributed by atoms with Gasteiger partial charge in [0.05, 0.1) is 0 Å². The molecule has 0 aliphatic rings. The molecule has 0 bridgehead atoms. The van der Waals surface area contributed by atoms with Crippen LogP contribution in [0.1, 0.15) is 22.3 Å². The zero-order chi connectivity index (χ0) is 12.6. The maximum absolute atomic E-state index is 9.80. The van der Waals surface area contributed by atoms with Crippen LogP contribution in [0.3, 0.4) is 0 Å². The quantitative estimate of drug-likeness (QED) is 0.769. The second-order valence-electron chi connectivity index (χ2n) is 4.72. The first-order valence-electron chi connectivity index (χ1n) is 5.87. The Morgan fingerprint density at radius 2 is 1.47 bits per heavy atom. The number of aromatic hydroxyl groups is 1. The zero-order valence-corrected chi connectivity index (χ0v) is 10.8. The predicted octanol–water partition coefficient (Wildman–Crippen LogP) is 4.29. The topological polar surface area (TPSA) is 20.2 Å². The molecule has 0 heterocycles. The Labute approximate surface area is 103 Å². The summed E-state index contributed by atoms with van der Waals surface area (Å²) >= 11 is 0. The fraction of sp³-hybridized carbons (Fsp3) is 0.250. The van der Waals surface area contributed by atoms with Gasteiger partial charge in [0.25, 0.3) is 0 Å².